The lowest BCUT2D eigenvalue weighted by molar-refractivity contribution is 0.610. The molecule has 1 aliphatic rings. The lowest BCUT2D eigenvalue weighted by atomic mass is 9.94. The van der Waals surface area contributed by atoms with Crippen LogP contribution in [0.3, 0.4) is 0 Å². The zero-order valence-corrected chi connectivity index (χ0v) is 13.9. The SMILES string of the molecule is C=CCCC[C@@]1([Si](C)(C)CC=C)C=Cc2ccccc21. The number of fused-ring (bicyclic) bond motifs is 1. The van der Waals surface area contributed by atoms with Gasteiger partial charge in [-0.1, -0.05) is 61.7 Å². The molecule has 0 radical (unpaired) electrons. The highest BCUT2D eigenvalue weighted by Crippen LogP contribution is 2.47. The summed E-state index contributed by atoms with van der Waals surface area (Å²) in [6, 6.07) is 10.1. The summed E-state index contributed by atoms with van der Waals surface area (Å²) in [6.45, 7) is 12.9. The number of benzene rings is 1. The number of rotatable bonds is 7. The molecule has 0 saturated heterocycles. The number of allylic oxidation sites excluding steroid dienone is 3. The minimum Gasteiger partial charge on any atom is -0.103 e. The molecule has 0 bridgehead atoms. The van der Waals surface area contributed by atoms with Gasteiger partial charge in [0.2, 0.25) is 0 Å². The van der Waals surface area contributed by atoms with Gasteiger partial charge in [0, 0.05) is 5.04 Å². The zero-order chi connectivity index (χ0) is 14.6. The molecule has 0 unspecified atom stereocenters. The molecule has 0 heterocycles. The first-order valence-electron chi connectivity index (χ1n) is 7.58. The van der Waals surface area contributed by atoms with Crippen molar-refractivity contribution in [1.29, 1.82) is 0 Å². The first kappa shape index (κ1) is 15.1. The van der Waals surface area contributed by atoms with E-state index in [1.807, 2.05) is 6.08 Å². The van der Waals surface area contributed by atoms with Crippen LogP contribution in [0.5, 0.6) is 0 Å². The molecule has 2 rings (SSSR count). The normalized spacial score (nSPS) is 20.7. The van der Waals surface area contributed by atoms with Crippen molar-refractivity contribution >= 4 is 14.1 Å². The van der Waals surface area contributed by atoms with Gasteiger partial charge in [0.05, 0.1) is 8.07 Å². The second-order valence-electron chi connectivity index (χ2n) is 6.45. The van der Waals surface area contributed by atoms with Crippen LogP contribution in [0.4, 0.5) is 0 Å². The Morgan fingerprint density at radius 1 is 1.15 bits per heavy atom. The molecule has 1 aromatic rings. The topological polar surface area (TPSA) is 0 Å². The summed E-state index contributed by atoms with van der Waals surface area (Å²) in [5.41, 5.74) is 2.96. The van der Waals surface area contributed by atoms with Crippen LogP contribution < -0.4 is 0 Å². The standard InChI is InChI=1S/C19H26Si/c1-5-7-10-14-19(20(3,4)16-6-2)15-13-17-11-8-9-12-18(17)19/h5-6,8-9,11-13,15H,1-2,7,10,14,16H2,3-4H3/t19-/m1/s1. The van der Waals surface area contributed by atoms with E-state index >= 15 is 0 Å². The third-order valence-electron chi connectivity index (χ3n) is 4.83. The fourth-order valence-electron chi connectivity index (χ4n) is 3.59. The molecule has 0 fully saturated rings. The first-order valence-corrected chi connectivity index (χ1v) is 10.8. The van der Waals surface area contributed by atoms with Crippen LogP contribution in [0.1, 0.15) is 30.4 Å². The highest BCUT2D eigenvalue weighted by Gasteiger charge is 2.47. The summed E-state index contributed by atoms with van der Waals surface area (Å²) in [5, 5.41) is 0.265. The first-order chi connectivity index (χ1) is 9.57. The Bertz CT molecular complexity index is 524. The molecular formula is C19H26Si. The predicted octanol–water partition coefficient (Wildman–Crippen LogP) is 5.74. The van der Waals surface area contributed by atoms with E-state index in [2.05, 4.69) is 68.7 Å². The maximum atomic E-state index is 4.00. The van der Waals surface area contributed by atoms with Crippen molar-refractivity contribution in [1.82, 2.24) is 0 Å². The number of hydrogen-bond donors (Lipinski definition) is 0. The maximum absolute atomic E-state index is 4.00. The molecule has 0 saturated carbocycles. The molecule has 0 nitrogen and oxygen atoms in total. The van der Waals surface area contributed by atoms with Crippen LogP contribution in [-0.4, -0.2) is 8.07 Å². The van der Waals surface area contributed by atoms with Gasteiger partial charge >= 0.3 is 0 Å². The van der Waals surface area contributed by atoms with Gasteiger partial charge in [0.15, 0.2) is 0 Å². The summed E-state index contributed by atoms with van der Waals surface area (Å²) in [4.78, 5) is 0. The molecule has 0 N–H and O–H groups in total. The van der Waals surface area contributed by atoms with Crippen LogP contribution >= 0.6 is 0 Å². The average molecular weight is 283 g/mol. The van der Waals surface area contributed by atoms with Gasteiger partial charge in [0.25, 0.3) is 0 Å². The molecule has 0 spiro atoms. The summed E-state index contributed by atoms with van der Waals surface area (Å²) >= 11 is 0. The Morgan fingerprint density at radius 2 is 1.90 bits per heavy atom. The summed E-state index contributed by atoms with van der Waals surface area (Å²) < 4.78 is 0. The molecule has 1 atom stereocenters. The predicted molar refractivity (Wildman–Crippen MR) is 93.7 cm³/mol. The van der Waals surface area contributed by atoms with E-state index in [1.54, 1.807) is 5.56 Å². The monoisotopic (exact) mass is 282 g/mol. The van der Waals surface area contributed by atoms with E-state index in [1.165, 1.54) is 24.4 Å². The van der Waals surface area contributed by atoms with E-state index in [0.29, 0.717) is 0 Å². The molecule has 0 aromatic heterocycles. The minimum absolute atomic E-state index is 0.265. The van der Waals surface area contributed by atoms with Crippen molar-refractivity contribution in [2.75, 3.05) is 0 Å². The number of hydrogen-bond acceptors (Lipinski definition) is 0. The van der Waals surface area contributed by atoms with Crippen LogP contribution in [0.15, 0.2) is 55.7 Å². The van der Waals surface area contributed by atoms with Gasteiger partial charge in [-0.25, -0.2) is 0 Å². The van der Waals surface area contributed by atoms with Crippen molar-refractivity contribution < 1.29 is 0 Å². The molecule has 1 aromatic carbocycles. The summed E-state index contributed by atoms with van der Waals surface area (Å²) in [7, 11) is -1.46. The van der Waals surface area contributed by atoms with Gasteiger partial charge in [-0.15, -0.1) is 13.2 Å². The Balaban J connectivity index is 2.44. The van der Waals surface area contributed by atoms with Crippen LogP contribution in [0.25, 0.3) is 6.08 Å². The average Bonchev–Trinajstić information content (AvgIpc) is 2.80. The van der Waals surface area contributed by atoms with Gasteiger partial charge in [0.1, 0.15) is 0 Å². The minimum atomic E-state index is -1.46. The van der Waals surface area contributed by atoms with Crippen molar-refractivity contribution in [3.05, 3.63) is 66.8 Å². The van der Waals surface area contributed by atoms with E-state index in [9.17, 15) is 0 Å². The lowest BCUT2D eigenvalue weighted by Crippen LogP contribution is -2.49. The lowest BCUT2D eigenvalue weighted by Gasteiger charge is -2.43. The molecular weight excluding hydrogens is 256 g/mol. The van der Waals surface area contributed by atoms with Crippen molar-refractivity contribution in [3.63, 3.8) is 0 Å². The van der Waals surface area contributed by atoms with Gasteiger partial charge < -0.3 is 0 Å². The Hall–Kier alpha value is -1.34. The fraction of sp³-hybridized carbons (Fsp3) is 0.368. The molecule has 1 heteroatoms. The van der Waals surface area contributed by atoms with Gasteiger partial charge in [-0.05, 0) is 36.4 Å². The van der Waals surface area contributed by atoms with E-state index in [0.717, 1.165) is 6.42 Å². The Morgan fingerprint density at radius 3 is 2.60 bits per heavy atom. The van der Waals surface area contributed by atoms with E-state index in [4.69, 9.17) is 0 Å². The molecule has 20 heavy (non-hydrogen) atoms. The smallest absolute Gasteiger partial charge is 0.0672 e. The van der Waals surface area contributed by atoms with E-state index < -0.39 is 8.07 Å². The Labute approximate surface area is 124 Å². The molecule has 1 aliphatic carbocycles. The van der Waals surface area contributed by atoms with Crippen molar-refractivity contribution in [3.8, 4) is 0 Å². The second-order valence-corrected chi connectivity index (χ2v) is 11.5. The Kier molecular flexibility index (Phi) is 4.49. The highest BCUT2D eigenvalue weighted by atomic mass is 28.3. The fourth-order valence-corrected chi connectivity index (χ4v) is 7.02. The van der Waals surface area contributed by atoms with Gasteiger partial charge in [-0.2, -0.15) is 0 Å². The largest absolute Gasteiger partial charge is 0.103 e. The third kappa shape index (κ3) is 2.47. The molecule has 0 amide bonds. The van der Waals surface area contributed by atoms with E-state index in [-0.39, 0.29) is 5.04 Å². The second kappa shape index (κ2) is 5.97. The highest BCUT2D eigenvalue weighted by molar-refractivity contribution is 6.81. The quantitative estimate of drug-likeness (QED) is 0.340. The van der Waals surface area contributed by atoms with Crippen LogP contribution in [0.2, 0.25) is 19.1 Å². The van der Waals surface area contributed by atoms with Crippen molar-refractivity contribution in [2.24, 2.45) is 0 Å². The third-order valence-corrected chi connectivity index (χ3v) is 9.24. The zero-order valence-electron chi connectivity index (χ0n) is 12.9. The van der Waals surface area contributed by atoms with Gasteiger partial charge in [-0.3, -0.25) is 0 Å². The summed E-state index contributed by atoms with van der Waals surface area (Å²) in [6.07, 6.45) is 12.6. The summed E-state index contributed by atoms with van der Waals surface area (Å²) in [5.74, 6) is 0. The molecule has 106 valence electrons. The maximum Gasteiger partial charge on any atom is 0.0672 e. The van der Waals surface area contributed by atoms with Crippen LogP contribution in [-0.2, 0) is 5.04 Å². The van der Waals surface area contributed by atoms with Crippen LogP contribution in [0, 0.1) is 0 Å². The number of unbranched alkanes of at least 4 members (excludes halogenated alkanes) is 1. The van der Waals surface area contributed by atoms with Crippen molar-refractivity contribution in [2.45, 2.75) is 43.4 Å². The molecule has 0 aliphatic heterocycles.